The minimum atomic E-state index is -0.739. The first kappa shape index (κ1) is 20.2. The third kappa shape index (κ3) is 4.48. The van der Waals surface area contributed by atoms with Crippen molar-refractivity contribution in [1.29, 1.82) is 0 Å². The maximum absolute atomic E-state index is 12.7. The average molecular weight is 390 g/mol. The number of benzene rings is 2. The summed E-state index contributed by atoms with van der Waals surface area (Å²) >= 11 is 0. The van der Waals surface area contributed by atoms with Crippen LogP contribution < -0.4 is 0 Å². The molecule has 1 aliphatic heterocycles. The summed E-state index contributed by atoms with van der Waals surface area (Å²) in [6.07, 6.45) is 0. The molecule has 1 amide bonds. The number of fused-ring (bicyclic) bond motifs is 1. The van der Waals surface area contributed by atoms with Gasteiger partial charge in [-0.05, 0) is 39.8 Å². The maximum atomic E-state index is 12.7. The van der Waals surface area contributed by atoms with Gasteiger partial charge in [0.2, 0.25) is 0 Å². The fraction of sp³-hybridized carbons (Fsp3) is 0.217. The topological polar surface area (TPSA) is 88.3 Å². The van der Waals surface area contributed by atoms with E-state index < -0.39 is 17.5 Å². The summed E-state index contributed by atoms with van der Waals surface area (Å²) in [5.74, 6) is -1.17. The second-order valence-corrected chi connectivity index (χ2v) is 7.57. The second kappa shape index (κ2) is 7.83. The number of allylic oxidation sites excluding steroid dienone is 1. The third-order valence-electron chi connectivity index (χ3n) is 4.07. The highest BCUT2D eigenvalue weighted by atomic mass is 16.6. The minimum Gasteiger partial charge on any atom is -0.512 e. The molecule has 0 bridgehead atoms. The highest BCUT2D eigenvalue weighted by Crippen LogP contribution is 2.26. The monoisotopic (exact) mass is 390 g/mol. The van der Waals surface area contributed by atoms with Crippen molar-refractivity contribution >= 4 is 23.4 Å². The second-order valence-electron chi connectivity index (χ2n) is 7.57. The number of nitrogens with zero attached hydrogens (tertiary/aromatic N) is 2. The first-order valence-corrected chi connectivity index (χ1v) is 9.17. The van der Waals surface area contributed by atoms with Gasteiger partial charge in [-0.25, -0.2) is 9.79 Å². The number of rotatable bonds is 3. The Kier molecular flexibility index (Phi) is 5.46. The van der Waals surface area contributed by atoms with Crippen LogP contribution in [0.15, 0.2) is 75.9 Å². The first-order chi connectivity index (χ1) is 13.7. The number of amidine groups is 1. The molecule has 0 aliphatic carbocycles. The van der Waals surface area contributed by atoms with Crippen molar-refractivity contribution in [2.24, 2.45) is 9.98 Å². The van der Waals surface area contributed by atoms with Crippen LogP contribution in [0.4, 0.5) is 0 Å². The van der Waals surface area contributed by atoms with Crippen molar-refractivity contribution in [3.8, 4) is 0 Å². The van der Waals surface area contributed by atoms with Crippen LogP contribution >= 0.6 is 0 Å². The van der Waals surface area contributed by atoms with Crippen LogP contribution in [-0.2, 0) is 9.53 Å². The number of carbonyl (C=O) groups excluding carboxylic acids is 2. The third-order valence-corrected chi connectivity index (χ3v) is 4.07. The number of aliphatic hydroxyl groups excluding tert-OH is 1. The Morgan fingerprint density at radius 1 is 0.966 bits per heavy atom. The Morgan fingerprint density at radius 3 is 2.14 bits per heavy atom. The molecule has 0 radical (unpaired) electrons. The number of aliphatic hydroxyl groups is 1. The molecule has 0 aromatic heterocycles. The van der Waals surface area contributed by atoms with Gasteiger partial charge in [-0.2, -0.15) is 4.99 Å². The maximum Gasteiger partial charge on any atom is 0.344 e. The molecule has 1 heterocycles. The predicted molar refractivity (Wildman–Crippen MR) is 111 cm³/mol. The molecule has 148 valence electrons. The fourth-order valence-electron chi connectivity index (χ4n) is 2.87. The summed E-state index contributed by atoms with van der Waals surface area (Å²) in [6.45, 7) is 6.62. The van der Waals surface area contributed by atoms with E-state index in [1.54, 1.807) is 69.3 Å². The molecule has 29 heavy (non-hydrogen) atoms. The Hall–Kier alpha value is -3.54. The SMILES string of the molecule is CC(O)=C(C(=O)OC(C)(C)C)C1=NC(=NC(=O)c2ccccc2)c2ccccc21. The standard InChI is InChI=1S/C23H22N2O4/c1-14(26)18(22(28)29-23(2,3)4)19-16-12-8-9-13-17(16)20(24-19)25-21(27)15-10-6-5-7-11-15/h5-13,26H,1-4H3. The molecule has 2 aromatic carbocycles. The van der Waals surface area contributed by atoms with Crippen LogP contribution in [0.25, 0.3) is 0 Å². The van der Waals surface area contributed by atoms with Gasteiger partial charge in [0.05, 0.1) is 5.71 Å². The van der Waals surface area contributed by atoms with Gasteiger partial charge in [0.25, 0.3) is 5.91 Å². The molecule has 0 atom stereocenters. The summed E-state index contributed by atoms with van der Waals surface area (Å²) in [7, 11) is 0. The van der Waals surface area contributed by atoms with Crippen molar-refractivity contribution < 1.29 is 19.4 Å². The van der Waals surface area contributed by atoms with E-state index in [9.17, 15) is 14.7 Å². The molecule has 6 nitrogen and oxygen atoms in total. The average Bonchev–Trinajstić information content (AvgIpc) is 2.99. The lowest BCUT2D eigenvalue weighted by Gasteiger charge is -2.21. The number of aliphatic imine (C=N–C) groups is 2. The van der Waals surface area contributed by atoms with Gasteiger partial charge in [0.1, 0.15) is 16.9 Å². The molecule has 3 rings (SSSR count). The molecule has 6 heteroatoms. The van der Waals surface area contributed by atoms with E-state index >= 15 is 0 Å². The summed E-state index contributed by atoms with van der Waals surface area (Å²) in [6, 6.07) is 15.8. The lowest BCUT2D eigenvalue weighted by Crippen LogP contribution is -2.28. The molecule has 0 saturated carbocycles. The van der Waals surface area contributed by atoms with E-state index in [1.807, 2.05) is 6.07 Å². The molecule has 0 saturated heterocycles. The molecule has 1 N–H and O–H groups in total. The zero-order valence-corrected chi connectivity index (χ0v) is 16.8. The van der Waals surface area contributed by atoms with Gasteiger partial charge in [0.15, 0.2) is 5.84 Å². The van der Waals surface area contributed by atoms with Gasteiger partial charge in [0, 0.05) is 16.7 Å². The zero-order valence-electron chi connectivity index (χ0n) is 16.8. The highest BCUT2D eigenvalue weighted by Gasteiger charge is 2.32. The van der Waals surface area contributed by atoms with Gasteiger partial charge in [-0.1, -0.05) is 42.5 Å². The van der Waals surface area contributed by atoms with Gasteiger partial charge in [-0.15, -0.1) is 0 Å². The summed E-state index contributed by atoms with van der Waals surface area (Å²) in [5.41, 5.74) is 1.08. The predicted octanol–water partition coefficient (Wildman–Crippen LogP) is 4.25. The van der Waals surface area contributed by atoms with E-state index in [4.69, 9.17) is 4.74 Å². The Morgan fingerprint density at radius 2 is 1.55 bits per heavy atom. The van der Waals surface area contributed by atoms with Gasteiger partial charge >= 0.3 is 5.97 Å². The lowest BCUT2D eigenvalue weighted by molar-refractivity contribution is -0.149. The Balaban J connectivity index is 2.08. The van der Waals surface area contributed by atoms with Crippen LogP contribution in [0, 0.1) is 0 Å². The number of amides is 1. The quantitative estimate of drug-likeness (QED) is 0.482. The Bertz CT molecular complexity index is 1050. The number of hydrogen-bond acceptors (Lipinski definition) is 4. The van der Waals surface area contributed by atoms with Crippen molar-refractivity contribution in [3.63, 3.8) is 0 Å². The highest BCUT2D eigenvalue weighted by molar-refractivity contribution is 6.36. The number of hydrogen-bond donors (Lipinski definition) is 1. The van der Waals surface area contributed by atoms with E-state index in [0.717, 1.165) is 0 Å². The molecule has 2 aromatic rings. The van der Waals surface area contributed by atoms with Gasteiger partial charge < -0.3 is 9.84 Å². The summed E-state index contributed by atoms with van der Waals surface area (Å²) in [5, 5.41) is 10.2. The zero-order chi connectivity index (χ0) is 21.2. The molecular formula is C23H22N2O4. The fourth-order valence-corrected chi connectivity index (χ4v) is 2.87. The van der Waals surface area contributed by atoms with Crippen LogP contribution in [0.5, 0.6) is 0 Å². The minimum absolute atomic E-state index is 0.0512. The van der Waals surface area contributed by atoms with Crippen LogP contribution in [0.1, 0.15) is 49.2 Å². The van der Waals surface area contributed by atoms with E-state index in [-0.39, 0.29) is 22.9 Å². The lowest BCUT2D eigenvalue weighted by atomic mass is 9.99. The molecule has 0 fully saturated rings. The van der Waals surface area contributed by atoms with Crippen molar-refractivity contribution in [2.75, 3.05) is 0 Å². The van der Waals surface area contributed by atoms with Crippen molar-refractivity contribution in [1.82, 2.24) is 0 Å². The molecule has 0 spiro atoms. The molecule has 0 unspecified atom stereocenters. The largest absolute Gasteiger partial charge is 0.512 e. The summed E-state index contributed by atoms with van der Waals surface area (Å²) < 4.78 is 5.43. The summed E-state index contributed by atoms with van der Waals surface area (Å²) in [4.78, 5) is 33.8. The normalized spacial score (nSPS) is 15.4. The number of esters is 1. The van der Waals surface area contributed by atoms with E-state index in [1.165, 1.54) is 6.92 Å². The van der Waals surface area contributed by atoms with Crippen molar-refractivity contribution in [3.05, 3.63) is 82.6 Å². The smallest absolute Gasteiger partial charge is 0.344 e. The van der Waals surface area contributed by atoms with E-state index in [0.29, 0.717) is 16.7 Å². The van der Waals surface area contributed by atoms with Crippen molar-refractivity contribution in [2.45, 2.75) is 33.3 Å². The van der Waals surface area contributed by atoms with Crippen LogP contribution in [0.3, 0.4) is 0 Å². The van der Waals surface area contributed by atoms with Crippen LogP contribution in [-0.4, -0.2) is 34.1 Å². The van der Waals surface area contributed by atoms with Crippen LogP contribution in [0.2, 0.25) is 0 Å². The van der Waals surface area contributed by atoms with E-state index in [2.05, 4.69) is 9.98 Å². The number of ether oxygens (including phenoxy) is 1. The molecule has 1 aliphatic rings. The number of carbonyl (C=O) groups is 2. The molecular weight excluding hydrogens is 368 g/mol. The first-order valence-electron chi connectivity index (χ1n) is 9.17. The Labute approximate surface area is 169 Å². The van der Waals surface area contributed by atoms with Gasteiger partial charge in [-0.3, -0.25) is 4.79 Å².